The van der Waals surface area contributed by atoms with E-state index in [2.05, 4.69) is 24.1 Å². The third-order valence-corrected chi connectivity index (χ3v) is 5.78. The summed E-state index contributed by atoms with van der Waals surface area (Å²) in [4.78, 5) is 9.13. The first-order chi connectivity index (χ1) is 11.8. The SMILES string of the molecule is CCCNc1nc2c(s1)CC1C(CCCN1CCC)C2.O=S(=O)(O)O. The number of fused-ring (bicyclic) bond motifs is 2. The second-order valence-electron chi connectivity index (χ2n) is 6.68. The van der Waals surface area contributed by atoms with Gasteiger partial charge in [0.05, 0.1) is 5.69 Å². The molecule has 144 valence electrons. The maximum absolute atomic E-state index is 8.74. The van der Waals surface area contributed by atoms with Gasteiger partial charge in [0.25, 0.3) is 0 Å². The Morgan fingerprint density at radius 1 is 1.28 bits per heavy atom. The van der Waals surface area contributed by atoms with Gasteiger partial charge in [0.2, 0.25) is 0 Å². The van der Waals surface area contributed by atoms with Crippen LogP contribution in [-0.2, 0) is 23.2 Å². The highest BCUT2D eigenvalue weighted by Gasteiger charge is 2.36. The van der Waals surface area contributed by atoms with Gasteiger partial charge in [0.15, 0.2) is 5.13 Å². The van der Waals surface area contributed by atoms with Gasteiger partial charge in [0.1, 0.15) is 0 Å². The fourth-order valence-electron chi connectivity index (χ4n) is 3.76. The quantitative estimate of drug-likeness (QED) is 0.663. The van der Waals surface area contributed by atoms with Crippen LogP contribution in [-0.4, -0.2) is 53.1 Å². The van der Waals surface area contributed by atoms with Crippen molar-refractivity contribution in [1.29, 1.82) is 0 Å². The van der Waals surface area contributed by atoms with Gasteiger partial charge < -0.3 is 5.32 Å². The molecule has 1 aromatic rings. The lowest BCUT2D eigenvalue weighted by Crippen LogP contribution is -2.49. The van der Waals surface area contributed by atoms with Crippen LogP contribution in [0.4, 0.5) is 5.13 Å². The van der Waals surface area contributed by atoms with Crippen molar-refractivity contribution in [2.75, 3.05) is 25.0 Å². The van der Waals surface area contributed by atoms with Crippen molar-refractivity contribution in [3.8, 4) is 0 Å². The molecular weight excluding hydrogens is 362 g/mol. The average Bonchev–Trinajstić information content (AvgIpc) is 2.91. The van der Waals surface area contributed by atoms with Crippen molar-refractivity contribution in [1.82, 2.24) is 9.88 Å². The van der Waals surface area contributed by atoms with Gasteiger partial charge in [-0.2, -0.15) is 8.42 Å². The van der Waals surface area contributed by atoms with Crippen molar-refractivity contribution in [2.45, 2.75) is 58.4 Å². The topological polar surface area (TPSA) is 103 Å². The summed E-state index contributed by atoms with van der Waals surface area (Å²) in [6.45, 7) is 8.14. The molecule has 25 heavy (non-hydrogen) atoms. The van der Waals surface area contributed by atoms with E-state index < -0.39 is 10.4 Å². The van der Waals surface area contributed by atoms with Gasteiger partial charge in [-0.05, 0) is 57.5 Å². The lowest BCUT2D eigenvalue weighted by molar-refractivity contribution is 0.0857. The van der Waals surface area contributed by atoms with Gasteiger partial charge in [-0.3, -0.25) is 14.0 Å². The molecule has 1 fully saturated rings. The number of nitrogens with zero attached hydrogens (tertiary/aromatic N) is 2. The standard InChI is InChI=1S/C16H27N3S.H2O4S/c1-3-7-17-16-18-13-10-12-6-5-9-19(8-4-2)14(12)11-15(13)20-16;1-5(2,3)4/h12,14H,3-11H2,1-2H3,(H,17,18);(H2,1,2,3,4). The van der Waals surface area contributed by atoms with Crippen LogP contribution in [0.5, 0.6) is 0 Å². The molecule has 0 radical (unpaired) electrons. The zero-order valence-corrected chi connectivity index (χ0v) is 16.6. The molecule has 2 unspecified atom stereocenters. The molecule has 2 atom stereocenters. The number of likely N-dealkylation sites (tertiary alicyclic amines) is 1. The van der Waals surface area contributed by atoms with Crippen molar-refractivity contribution in [3.05, 3.63) is 10.6 Å². The fourth-order valence-corrected chi connectivity index (χ4v) is 4.82. The Hall–Kier alpha value is -0.740. The van der Waals surface area contributed by atoms with E-state index in [9.17, 15) is 0 Å². The van der Waals surface area contributed by atoms with E-state index in [-0.39, 0.29) is 0 Å². The van der Waals surface area contributed by atoms with E-state index in [1.807, 2.05) is 11.3 Å². The second kappa shape index (κ2) is 9.27. The third kappa shape index (κ3) is 6.49. The van der Waals surface area contributed by atoms with E-state index in [0.717, 1.165) is 23.6 Å². The zero-order chi connectivity index (χ0) is 18.4. The Balaban J connectivity index is 0.000000399. The predicted molar refractivity (Wildman–Crippen MR) is 101 cm³/mol. The van der Waals surface area contributed by atoms with E-state index in [4.69, 9.17) is 22.5 Å². The lowest BCUT2D eigenvalue weighted by atomic mass is 9.79. The molecular formula is C16H29N3O4S2. The minimum absolute atomic E-state index is 0.788. The van der Waals surface area contributed by atoms with Crippen LogP contribution in [0.1, 0.15) is 50.1 Å². The minimum atomic E-state index is -4.67. The molecule has 0 saturated carbocycles. The highest BCUT2D eigenvalue weighted by Crippen LogP contribution is 2.38. The van der Waals surface area contributed by atoms with Crippen LogP contribution in [0.25, 0.3) is 0 Å². The molecule has 1 aliphatic heterocycles. The van der Waals surface area contributed by atoms with Crippen LogP contribution >= 0.6 is 11.3 Å². The Bertz CT molecular complexity index is 638. The average molecular weight is 392 g/mol. The predicted octanol–water partition coefficient (Wildman–Crippen LogP) is 2.90. The Morgan fingerprint density at radius 2 is 2.00 bits per heavy atom. The van der Waals surface area contributed by atoms with Crippen molar-refractivity contribution >= 4 is 26.9 Å². The molecule has 0 bridgehead atoms. The summed E-state index contributed by atoms with van der Waals surface area (Å²) in [5.74, 6) is 0.851. The Morgan fingerprint density at radius 3 is 2.64 bits per heavy atom. The van der Waals surface area contributed by atoms with Crippen molar-refractivity contribution < 1.29 is 17.5 Å². The van der Waals surface area contributed by atoms with E-state index in [1.54, 1.807) is 4.88 Å². The number of rotatable bonds is 5. The molecule has 0 aromatic carbocycles. The Kier molecular flexibility index (Phi) is 7.63. The monoisotopic (exact) mass is 391 g/mol. The summed E-state index contributed by atoms with van der Waals surface area (Å²) in [5, 5.41) is 4.61. The summed E-state index contributed by atoms with van der Waals surface area (Å²) in [6.07, 6.45) is 7.68. The third-order valence-electron chi connectivity index (χ3n) is 4.70. The van der Waals surface area contributed by atoms with Crippen LogP contribution in [0, 0.1) is 5.92 Å². The van der Waals surface area contributed by atoms with Gasteiger partial charge in [0, 0.05) is 17.5 Å². The van der Waals surface area contributed by atoms with Gasteiger partial charge >= 0.3 is 10.4 Å². The number of nitrogens with one attached hydrogen (secondary N) is 1. The first-order valence-corrected chi connectivity index (χ1v) is 11.2. The van der Waals surface area contributed by atoms with Crippen LogP contribution in [0.2, 0.25) is 0 Å². The van der Waals surface area contributed by atoms with Crippen molar-refractivity contribution in [3.63, 3.8) is 0 Å². The molecule has 2 aliphatic rings. The van der Waals surface area contributed by atoms with Crippen LogP contribution in [0.3, 0.4) is 0 Å². The van der Waals surface area contributed by atoms with Crippen molar-refractivity contribution in [2.24, 2.45) is 5.92 Å². The minimum Gasteiger partial charge on any atom is -0.362 e. The maximum atomic E-state index is 8.74. The summed E-state index contributed by atoms with van der Waals surface area (Å²) in [5.41, 5.74) is 1.40. The molecule has 2 heterocycles. The lowest BCUT2D eigenvalue weighted by Gasteiger charge is -2.43. The summed E-state index contributed by atoms with van der Waals surface area (Å²) in [7, 11) is -4.67. The van der Waals surface area contributed by atoms with E-state index in [1.165, 1.54) is 57.3 Å². The molecule has 1 saturated heterocycles. The summed E-state index contributed by atoms with van der Waals surface area (Å²) in [6, 6.07) is 0.788. The van der Waals surface area contributed by atoms with E-state index in [0.29, 0.717) is 0 Å². The smallest absolute Gasteiger partial charge is 0.362 e. The highest BCUT2D eigenvalue weighted by atomic mass is 32.3. The second-order valence-corrected chi connectivity index (χ2v) is 8.66. The zero-order valence-electron chi connectivity index (χ0n) is 14.9. The Labute approximate surface area is 154 Å². The van der Waals surface area contributed by atoms with Crippen LogP contribution < -0.4 is 5.32 Å². The number of aromatic nitrogens is 1. The van der Waals surface area contributed by atoms with Gasteiger partial charge in [-0.1, -0.05) is 13.8 Å². The fraction of sp³-hybridized carbons (Fsp3) is 0.812. The molecule has 3 N–H and O–H groups in total. The number of piperidine rings is 1. The van der Waals surface area contributed by atoms with Gasteiger partial charge in [-0.25, -0.2) is 4.98 Å². The number of thiazole rings is 1. The number of hydrogen-bond donors (Lipinski definition) is 3. The van der Waals surface area contributed by atoms with Gasteiger partial charge in [-0.15, -0.1) is 11.3 Å². The summed E-state index contributed by atoms with van der Waals surface area (Å²) < 4.78 is 31.6. The molecule has 9 heteroatoms. The number of anilines is 1. The first kappa shape index (κ1) is 20.6. The molecule has 0 amide bonds. The maximum Gasteiger partial charge on any atom is 0.394 e. The number of hydrogen-bond acceptors (Lipinski definition) is 6. The molecule has 3 rings (SSSR count). The first-order valence-electron chi connectivity index (χ1n) is 8.98. The largest absolute Gasteiger partial charge is 0.394 e. The normalized spacial score (nSPS) is 23.2. The van der Waals surface area contributed by atoms with E-state index >= 15 is 0 Å². The molecule has 0 spiro atoms. The molecule has 7 nitrogen and oxygen atoms in total. The van der Waals surface area contributed by atoms with Crippen LogP contribution in [0.15, 0.2) is 0 Å². The summed E-state index contributed by atoms with van der Waals surface area (Å²) >= 11 is 1.90. The molecule has 1 aliphatic carbocycles. The molecule has 1 aromatic heterocycles. The highest BCUT2D eigenvalue weighted by molar-refractivity contribution is 7.79.